The van der Waals surface area contributed by atoms with Crippen molar-refractivity contribution in [1.82, 2.24) is 0 Å². The molecule has 0 spiro atoms. The summed E-state index contributed by atoms with van der Waals surface area (Å²) in [7, 11) is 0. The van der Waals surface area contributed by atoms with Gasteiger partial charge in [0.2, 0.25) is 0 Å². The minimum Gasteiger partial charge on any atom is -0.302 e. The van der Waals surface area contributed by atoms with Crippen LogP contribution in [0.2, 0.25) is 5.02 Å². The number of hydrogen-bond acceptors (Lipinski definition) is 1. The standard InChI is InChI=1S/C17H17ClO/c1-13-5-3-4-6-16(13)17(2,12-19)11-14-7-9-15(18)10-8-14/h3-10,12H,11H2,1-2H3. The van der Waals surface area contributed by atoms with Gasteiger partial charge in [-0.05, 0) is 49.1 Å². The lowest BCUT2D eigenvalue weighted by atomic mass is 9.77. The Kier molecular flexibility index (Phi) is 4.06. The van der Waals surface area contributed by atoms with Crippen LogP contribution in [0, 0.1) is 6.92 Å². The second-order valence-electron chi connectivity index (χ2n) is 5.15. The van der Waals surface area contributed by atoms with E-state index >= 15 is 0 Å². The van der Waals surface area contributed by atoms with Crippen LogP contribution in [0.5, 0.6) is 0 Å². The second kappa shape index (κ2) is 5.58. The Morgan fingerprint density at radius 1 is 1.11 bits per heavy atom. The number of aryl methyl sites for hydroxylation is 1. The molecule has 0 N–H and O–H groups in total. The van der Waals surface area contributed by atoms with Crippen LogP contribution in [0.4, 0.5) is 0 Å². The highest BCUT2D eigenvalue weighted by Gasteiger charge is 2.27. The topological polar surface area (TPSA) is 17.1 Å². The average molecular weight is 273 g/mol. The van der Waals surface area contributed by atoms with Gasteiger partial charge in [0.05, 0.1) is 5.41 Å². The third kappa shape index (κ3) is 3.05. The highest BCUT2D eigenvalue weighted by Crippen LogP contribution is 2.29. The lowest BCUT2D eigenvalue weighted by Crippen LogP contribution is -2.27. The van der Waals surface area contributed by atoms with Gasteiger partial charge < -0.3 is 4.79 Å². The van der Waals surface area contributed by atoms with E-state index in [9.17, 15) is 4.79 Å². The first-order valence-corrected chi connectivity index (χ1v) is 6.70. The van der Waals surface area contributed by atoms with Gasteiger partial charge in [0.15, 0.2) is 0 Å². The molecule has 98 valence electrons. The Balaban J connectivity index is 2.35. The molecule has 0 radical (unpaired) electrons. The van der Waals surface area contributed by atoms with Gasteiger partial charge >= 0.3 is 0 Å². The molecule has 0 aromatic heterocycles. The predicted octanol–water partition coefficient (Wildman–Crippen LogP) is 4.35. The van der Waals surface area contributed by atoms with Crippen LogP contribution >= 0.6 is 11.6 Å². The fourth-order valence-electron chi connectivity index (χ4n) is 2.44. The molecule has 0 heterocycles. The summed E-state index contributed by atoms with van der Waals surface area (Å²) in [6.45, 7) is 4.02. The number of hydrogen-bond donors (Lipinski definition) is 0. The van der Waals surface area contributed by atoms with Crippen molar-refractivity contribution in [3.05, 3.63) is 70.2 Å². The molecule has 2 aromatic rings. The van der Waals surface area contributed by atoms with E-state index in [1.165, 1.54) is 0 Å². The van der Waals surface area contributed by atoms with Gasteiger partial charge in [-0.25, -0.2) is 0 Å². The van der Waals surface area contributed by atoms with Gasteiger partial charge in [-0.15, -0.1) is 0 Å². The summed E-state index contributed by atoms with van der Waals surface area (Å²) in [4.78, 5) is 11.6. The second-order valence-corrected chi connectivity index (χ2v) is 5.59. The maximum Gasteiger partial charge on any atom is 0.130 e. The molecular weight excluding hydrogens is 256 g/mol. The van der Waals surface area contributed by atoms with Crippen molar-refractivity contribution in [3.63, 3.8) is 0 Å². The molecule has 1 unspecified atom stereocenters. The third-order valence-electron chi connectivity index (χ3n) is 3.51. The zero-order valence-corrected chi connectivity index (χ0v) is 11.9. The van der Waals surface area contributed by atoms with Crippen LogP contribution < -0.4 is 0 Å². The van der Waals surface area contributed by atoms with Crippen molar-refractivity contribution in [1.29, 1.82) is 0 Å². The smallest absolute Gasteiger partial charge is 0.130 e. The van der Waals surface area contributed by atoms with Crippen LogP contribution in [0.3, 0.4) is 0 Å². The van der Waals surface area contributed by atoms with Gasteiger partial charge in [0, 0.05) is 5.02 Å². The summed E-state index contributed by atoms with van der Waals surface area (Å²) in [5.41, 5.74) is 2.84. The molecule has 0 fully saturated rings. The minimum atomic E-state index is -0.501. The SMILES string of the molecule is Cc1ccccc1C(C)(C=O)Cc1ccc(Cl)cc1. The Bertz CT molecular complexity index is 574. The largest absolute Gasteiger partial charge is 0.302 e. The number of carbonyl (C=O) groups is 1. The lowest BCUT2D eigenvalue weighted by molar-refractivity contribution is -0.112. The van der Waals surface area contributed by atoms with E-state index in [0.29, 0.717) is 11.4 Å². The van der Waals surface area contributed by atoms with Crippen molar-refractivity contribution in [2.45, 2.75) is 25.7 Å². The zero-order chi connectivity index (χ0) is 13.9. The van der Waals surface area contributed by atoms with E-state index < -0.39 is 5.41 Å². The first kappa shape index (κ1) is 13.8. The lowest BCUT2D eigenvalue weighted by Gasteiger charge is -2.25. The van der Waals surface area contributed by atoms with Crippen molar-refractivity contribution >= 4 is 17.9 Å². The quantitative estimate of drug-likeness (QED) is 0.757. The van der Waals surface area contributed by atoms with E-state index in [2.05, 4.69) is 0 Å². The highest BCUT2D eigenvalue weighted by molar-refractivity contribution is 6.30. The number of rotatable bonds is 4. The maximum atomic E-state index is 11.6. The first-order chi connectivity index (χ1) is 9.05. The molecule has 2 rings (SSSR count). The van der Waals surface area contributed by atoms with Gasteiger partial charge in [-0.1, -0.05) is 48.0 Å². The molecule has 0 saturated carbocycles. The number of halogens is 1. The van der Waals surface area contributed by atoms with E-state index in [1.54, 1.807) is 0 Å². The van der Waals surface area contributed by atoms with Crippen LogP contribution in [-0.4, -0.2) is 6.29 Å². The monoisotopic (exact) mass is 272 g/mol. The fraction of sp³-hybridized carbons (Fsp3) is 0.235. The molecule has 19 heavy (non-hydrogen) atoms. The van der Waals surface area contributed by atoms with Gasteiger partial charge in [0.25, 0.3) is 0 Å². The Labute approximate surface area is 119 Å². The summed E-state index contributed by atoms with van der Waals surface area (Å²) >= 11 is 5.89. The van der Waals surface area contributed by atoms with Crippen LogP contribution in [0.1, 0.15) is 23.6 Å². The number of aldehydes is 1. The highest BCUT2D eigenvalue weighted by atomic mass is 35.5. The molecule has 0 amide bonds. The summed E-state index contributed by atoms with van der Waals surface area (Å²) < 4.78 is 0. The molecule has 2 heteroatoms. The van der Waals surface area contributed by atoms with Crippen molar-refractivity contribution < 1.29 is 4.79 Å². The zero-order valence-electron chi connectivity index (χ0n) is 11.2. The van der Waals surface area contributed by atoms with Gasteiger partial charge in [-0.3, -0.25) is 0 Å². The molecule has 0 saturated heterocycles. The molecule has 0 bridgehead atoms. The normalized spacial score (nSPS) is 13.8. The van der Waals surface area contributed by atoms with Crippen molar-refractivity contribution in [2.24, 2.45) is 0 Å². The summed E-state index contributed by atoms with van der Waals surface area (Å²) in [6, 6.07) is 15.7. The summed E-state index contributed by atoms with van der Waals surface area (Å²) in [6.07, 6.45) is 1.72. The molecule has 2 aromatic carbocycles. The summed E-state index contributed by atoms with van der Waals surface area (Å²) in [5, 5.41) is 0.715. The summed E-state index contributed by atoms with van der Waals surface area (Å²) in [5.74, 6) is 0. The average Bonchev–Trinajstić information content (AvgIpc) is 2.42. The molecular formula is C17H17ClO. The molecule has 1 nitrogen and oxygen atoms in total. The van der Waals surface area contributed by atoms with E-state index in [1.807, 2.05) is 62.4 Å². The van der Waals surface area contributed by atoms with E-state index in [-0.39, 0.29) is 0 Å². The predicted molar refractivity (Wildman–Crippen MR) is 79.8 cm³/mol. The Hall–Kier alpha value is -1.60. The molecule has 0 aliphatic carbocycles. The number of benzene rings is 2. The van der Waals surface area contributed by atoms with Crippen LogP contribution in [0.25, 0.3) is 0 Å². The van der Waals surface area contributed by atoms with Crippen molar-refractivity contribution in [2.75, 3.05) is 0 Å². The van der Waals surface area contributed by atoms with E-state index in [0.717, 1.165) is 23.0 Å². The third-order valence-corrected chi connectivity index (χ3v) is 3.76. The van der Waals surface area contributed by atoms with Crippen LogP contribution in [0.15, 0.2) is 48.5 Å². The molecule has 1 atom stereocenters. The number of carbonyl (C=O) groups excluding carboxylic acids is 1. The maximum absolute atomic E-state index is 11.6. The van der Waals surface area contributed by atoms with E-state index in [4.69, 9.17) is 11.6 Å². The fourth-order valence-corrected chi connectivity index (χ4v) is 2.57. The van der Waals surface area contributed by atoms with Gasteiger partial charge in [0.1, 0.15) is 6.29 Å². The molecule has 0 aliphatic rings. The first-order valence-electron chi connectivity index (χ1n) is 6.32. The van der Waals surface area contributed by atoms with Crippen molar-refractivity contribution in [3.8, 4) is 0 Å². The van der Waals surface area contributed by atoms with Gasteiger partial charge in [-0.2, -0.15) is 0 Å². The van der Waals surface area contributed by atoms with Crippen LogP contribution in [-0.2, 0) is 16.6 Å². The molecule has 0 aliphatic heterocycles. The Morgan fingerprint density at radius 2 is 1.74 bits per heavy atom. The Morgan fingerprint density at radius 3 is 2.32 bits per heavy atom. The minimum absolute atomic E-state index is 0.501.